The number of aryl methyl sites for hydroxylation is 1. The van der Waals surface area contributed by atoms with Crippen LogP contribution in [0.2, 0.25) is 0 Å². The standard InChI is InChI=1S/C23H22FNO2/c1-2-5-17-10-14-20(15-11-17)27-16-18-8-12-19(13-9-18)23(26)25-22-7-4-3-6-21(22)24/h3-4,6-15H,2,5,16H2,1H3,(H,25,26). The maximum atomic E-state index is 13.6. The summed E-state index contributed by atoms with van der Waals surface area (Å²) in [6, 6.07) is 21.3. The number of ether oxygens (including phenoxy) is 1. The highest BCUT2D eigenvalue weighted by Crippen LogP contribution is 2.17. The molecule has 0 radical (unpaired) electrons. The number of halogens is 1. The van der Waals surface area contributed by atoms with E-state index in [-0.39, 0.29) is 11.6 Å². The van der Waals surface area contributed by atoms with Crippen molar-refractivity contribution in [3.05, 3.63) is 95.3 Å². The van der Waals surface area contributed by atoms with Crippen LogP contribution in [0, 0.1) is 5.82 Å². The summed E-state index contributed by atoms with van der Waals surface area (Å²) in [6.45, 7) is 2.58. The average Bonchev–Trinajstić information content (AvgIpc) is 2.70. The highest BCUT2D eigenvalue weighted by molar-refractivity contribution is 6.04. The SMILES string of the molecule is CCCc1ccc(OCc2ccc(C(=O)Nc3ccccc3F)cc2)cc1. The molecule has 3 rings (SSSR count). The van der Waals surface area contributed by atoms with Crippen LogP contribution < -0.4 is 10.1 Å². The van der Waals surface area contributed by atoms with Gasteiger partial charge in [-0.05, 0) is 53.9 Å². The molecule has 0 aliphatic carbocycles. The molecule has 4 heteroatoms. The van der Waals surface area contributed by atoms with Gasteiger partial charge < -0.3 is 10.1 Å². The summed E-state index contributed by atoms with van der Waals surface area (Å²) in [4.78, 5) is 12.2. The van der Waals surface area contributed by atoms with Crippen molar-refractivity contribution < 1.29 is 13.9 Å². The zero-order valence-corrected chi connectivity index (χ0v) is 15.2. The second kappa shape index (κ2) is 8.99. The van der Waals surface area contributed by atoms with Crippen molar-refractivity contribution >= 4 is 11.6 Å². The predicted octanol–water partition coefficient (Wildman–Crippen LogP) is 5.61. The topological polar surface area (TPSA) is 38.3 Å². The van der Waals surface area contributed by atoms with Gasteiger partial charge in [-0.3, -0.25) is 4.79 Å². The first-order valence-electron chi connectivity index (χ1n) is 9.02. The first kappa shape index (κ1) is 18.6. The third-order valence-corrected chi connectivity index (χ3v) is 4.21. The fraction of sp³-hybridized carbons (Fsp3) is 0.174. The molecule has 0 unspecified atom stereocenters. The van der Waals surface area contributed by atoms with Crippen molar-refractivity contribution in [1.82, 2.24) is 0 Å². The molecule has 138 valence electrons. The molecular formula is C23H22FNO2. The Morgan fingerprint density at radius 1 is 0.926 bits per heavy atom. The number of carbonyl (C=O) groups is 1. The monoisotopic (exact) mass is 363 g/mol. The molecule has 0 aromatic heterocycles. The molecule has 0 saturated heterocycles. The molecule has 0 atom stereocenters. The van der Waals surface area contributed by atoms with Gasteiger partial charge in [0, 0.05) is 5.56 Å². The Morgan fingerprint density at radius 2 is 1.59 bits per heavy atom. The van der Waals surface area contributed by atoms with Crippen molar-refractivity contribution in [3.8, 4) is 5.75 Å². The summed E-state index contributed by atoms with van der Waals surface area (Å²) < 4.78 is 19.4. The lowest BCUT2D eigenvalue weighted by molar-refractivity contribution is 0.102. The normalized spacial score (nSPS) is 10.4. The molecule has 0 fully saturated rings. The van der Waals surface area contributed by atoms with Gasteiger partial charge >= 0.3 is 0 Å². The number of hydrogen-bond acceptors (Lipinski definition) is 2. The first-order chi connectivity index (χ1) is 13.2. The van der Waals surface area contributed by atoms with Gasteiger partial charge in [-0.2, -0.15) is 0 Å². The first-order valence-corrected chi connectivity index (χ1v) is 9.02. The van der Waals surface area contributed by atoms with Crippen molar-refractivity contribution in [2.45, 2.75) is 26.4 Å². The van der Waals surface area contributed by atoms with Crippen LogP contribution >= 0.6 is 0 Å². The molecule has 0 aliphatic heterocycles. The molecule has 3 nitrogen and oxygen atoms in total. The lowest BCUT2D eigenvalue weighted by atomic mass is 10.1. The third kappa shape index (κ3) is 5.17. The van der Waals surface area contributed by atoms with Gasteiger partial charge in [-0.25, -0.2) is 4.39 Å². The Hall–Kier alpha value is -3.14. The number of carbonyl (C=O) groups excluding carboxylic acids is 1. The highest BCUT2D eigenvalue weighted by Gasteiger charge is 2.09. The van der Waals surface area contributed by atoms with Crippen LogP contribution in [0.5, 0.6) is 5.75 Å². The smallest absolute Gasteiger partial charge is 0.255 e. The Morgan fingerprint density at radius 3 is 2.26 bits per heavy atom. The Kier molecular flexibility index (Phi) is 6.21. The van der Waals surface area contributed by atoms with Crippen LogP contribution in [-0.2, 0) is 13.0 Å². The molecule has 0 bridgehead atoms. The average molecular weight is 363 g/mol. The number of nitrogens with one attached hydrogen (secondary N) is 1. The second-order valence-electron chi connectivity index (χ2n) is 6.31. The van der Waals surface area contributed by atoms with Crippen molar-refractivity contribution in [2.24, 2.45) is 0 Å². The largest absolute Gasteiger partial charge is 0.489 e. The predicted molar refractivity (Wildman–Crippen MR) is 106 cm³/mol. The second-order valence-corrected chi connectivity index (χ2v) is 6.31. The van der Waals surface area contributed by atoms with Crippen LogP contribution in [-0.4, -0.2) is 5.91 Å². The van der Waals surface area contributed by atoms with Crippen molar-refractivity contribution in [1.29, 1.82) is 0 Å². The summed E-state index contributed by atoms with van der Waals surface area (Å²) in [7, 11) is 0. The van der Waals surface area contributed by atoms with Crippen LogP contribution in [0.4, 0.5) is 10.1 Å². The molecular weight excluding hydrogens is 341 g/mol. The molecule has 3 aromatic carbocycles. The number of benzene rings is 3. The molecule has 1 amide bonds. The molecule has 0 spiro atoms. The van der Waals surface area contributed by atoms with E-state index in [0.717, 1.165) is 24.2 Å². The molecule has 1 N–H and O–H groups in total. The minimum atomic E-state index is -0.458. The van der Waals surface area contributed by atoms with E-state index in [9.17, 15) is 9.18 Å². The van der Waals surface area contributed by atoms with Gasteiger partial charge in [0.15, 0.2) is 0 Å². The molecule has 0 saturated carbocycles. The van der Waals surface area contributed by atoms with E-state index in [1.54, 1.807) is 24.3 Å². The van der Waals surface area contributed by atoms with Gasteiger partial charge in [0.05, 0.1) is 5.69 Å². The zero-order chi connectivity index (χ0) is 19.1. The Balaban J connectivity index is 1.56. The maximum Gasteiger partial charge on any atom is 0.255 e. The van der Waals surface area contributed by atoms with Crippen molar-refractivity contribution in [3.63, 3.8) is 0 Å². The maximum absolute atomic E-state index is 13.6. The van der Waals surface area contributed by atoms with E-state index in [4.69, 9.17) is 4.74 Å². The Labute approximate surface area is 158 Å². The van der Waals surface area contributed by atoms with Gasteiger partial charge in [0.1, 0.15) is 18.2 Å². The Bertz CT molecular complexity index is 889. The number of para-hydroxylation sites is 1. The van der Waals surface area contributed by atoms with Crippen LogP contribution in [0.3, 0.4) is 0 Å². The van der Waals surface area contributed by atoms with E-state index in [2.05, 4.69) is 24.4 Å². The van der Waals surface area contributed by atoms with E-state index in [0.29, 0.717) is 12.2 Å². The molecule has 27 heavy (non-hydrogen) atoms. The summed E-state index contributed by atoms with van der Waals surface area (Å²) in [6.07, 6.45) is 2.19. The van der Waals surface area contributed by atoms with E-state index in [1.165, 1.54) is 17.7 Å². The van der Waals surface area contributed by atoms with Gasteiger partial charge in [0.2, 0.25) is 0 Å². The fourth-order valence-corrected chi connectivity index (χ4v) is 2.72. The minimum absolute atomic E-state index is 0.168. The van der Waals surface area contributed by atoms with Gasteiger partial charge in [0.25, 0.3) is 5.91 Å². The summed E-state index contributed by atoms with van der Waals surface area (Å²) in [5.41, 5.74) is 2.89. The highest BCUT2D eigenvalue weighted by atomic mass is 19.1. The minimum Gasteiger partial charge on any atom is -0.489 e. The number of rotatable bonds is 7. The van der Waals surface area contributed by atoms with Crippen LogP contribution in [0.15, 0.2) is 72.8 Å². The number of amides is 1. The number of hydrogen-bond donors (Lipinski definition) is 1. The lowest BCUT2D eigenvalue weighted by Gasteiger charge is -2.09. The quantitative estimate of drug-likeness (QED) is 0.592. The van der Waals surface area contributed by atoms with E-state index >= 15 is 0 Å². The van der Waals surface area contributed by atoms with E-state index in [1.807, 2.05) is 24.3 Å². The number of anilines is 1. The van der Waals surface area contributed by atoms with Crippen LogP contribution in [0.1, 0.15) is 34.8 Å². The summed E-state index contributed by atoms with van der Waals surface area (Å²) >= 11 is 0. The third-order valence-electron chi connectivity index (χ3n) is 4.21. The molecule has 0 heterocycles. The summed E-state index contributed by atoms with van der Waals surface area (Å²) in [5, 5.41) is 2.57. The molecule has 0 aliphatic rings. The van der Waals surface area contributed by atoms with Gasteiger partial charge in [-0.1, -0.05) is 49.7 Å². The van der Waals surface area contributed by atoms with E-state index < -0.39 is 5.82 Å². The lowest BCUT2D eigenvalue weighted by Crippen LogP contribution is -2.13. The van der Waals surface area contributed by atoms with Crippen molar-refractivity contribution in [2.75, 3.05) is 5.32 Å². The fourth-order valence-electron chi connectivity index (χ4n) is 2.72. The summed E-state index contributed by atoms with van der Waals surface area (Å²) in [5.74, 6) is 0.0103. The zero-order valence-electron chi connectivity index (χ0n) is 15.2. The molecule has 3 aromatic rings. The van der Waals surface area contributed by atoms with Crippen LogP contribution in [0.25, 0.3) is 0 Å². The van der Waals surface area contributed by atoms with Gasteiger partial charge in [-0.15, -0.1) is 0 Å².